The number of aliphatic imine (C=N–C) groups is 1. The second-order valence-electron chi connectivity index (χ2n) is 10.0. The van der Waals surface area contributed by atoms with Crippen LogP contribution in [0.3, 0.4) is 0 Å². The number of nitrogens with one attached hydrogen (secondary N) is 1. The van der Waals surface area contributed by atoms with Crippen molar-refractivity contribution >= 4 is 36.2 Å². The number of fused-ring (bicyclic) bond motifs is 1. The Kier molecular flexibility index (Phi) is 12.1. The van der Waals surface area contributed by atoms with Gasteiger partial charge in [-0.3, -0.25) is 4.79 Å². The number of carbonyl (C=O) groups is 2. The van der Waals surface area contributed by atoms with Crippen molar-refractivity contribution < 1.29 is 32.2 Å². The molecular formula is C31H35ClF3N5O4. The summed E-state index contributed by atoms with van der Waals surface area (Å²) in [5.74, 6) is 0.168. The molecule has 5 N–H and O–H groups in total. The molecule has 44 heavy (non-hydrogen) atoms. The maximum atomic E-state index is 14.3. The third kappa shape index (κ3) is 7.86. The smallest absolute Gasteiger partial charge is 0.331 e. The van der Waals surface area contributed by atoms with Crippen LogP contribution in [0, 0.1) is 11.7 Å². The van der Waals surface area contributed by atoms with E-state index in [1.54, 1.807) is 6.07 Å². The zero-order chi connectivity index (χ0) is 32.6. The Balaban J connectivity index is 0.00000127. The number of rotatable bonds is 9. The predicted molar refractivity (Wildman–Crippen MR) is 165 cm³/mol. The third-order valence-corrected chi connectivity index (χ3v) is 7.57. The molecule has 1 amide bonds. The predicted octanol–water partition coefficient (Wildman–Crippen LogP) is 5.58. The minimum atomic E-state index is -2.91. The van der Waals surface area contributed by atoms with Gasteiger partial charge < -0.3 is 31.1 Å². The van der Waals surface area contributed by atoms with Gasteiger partial charge in [-0.2, -0.15) is 8.78 Å². The molecule has 1 aromatic heterocycles. The number of halogens is 4. The molecule has 0 saturated heterocycles. The number of anilines is 1. The number of pyridine rings is 1. The highest BCUT2D eigenvalue weighted by Crippen LogP contribution is 2.46. The van der Waals surface area contributed by atoms with Crippen LogP contribution in [0.2, 0.25) is 5.02 Å². The van der Waals surface area contributed by atoms with Crippen LogP contribution in [0.15, 0.2) is 41.4 Å². The summed E-state index contributed by atoms with van der Waals surface area (Å²) in [5.41, 5.74) is 13.8. The maximum Gasteiger partial charge on any atom is 0.331 e. The first kappa shape index (κ1) is 34.3. The average molecular weight is 634 g/mol. The number of aromatic nitrogens is 1. The number of carbonyl (C=O) groups excluding carboxylic acids is 2. The Labute approximate surface area is 258 Å². The lowest BCUT2D eigenvalue weighted by molar-refractivity contribution is -0.0980. The summed E-state index contributed by atoms with van der Waals surface area (Å²) in [6.45, 7) is 1.92. The van der Waals surface area contributed by atoms with Crippen molar-refractivity contribution in [2.24, 2.45) is 16.6 Å². The lowest BCUT2D eigenvalue weighted by Gasteiger charge is -2.20. The van der Waals surface area contributed by atoms with Crippen molar-refractivity contribution in [3.8, 4) is 22.8 Å². The highest BCUT2D eigenvalue weighted by molar-refractivity contribution is 6.30. The van der Waals surface area contributed by atoms with E-state index in [-0.39, 0.29) is 46.0 Å². The summed E-state index contributed by atoms with van der Waals surface area (Å²) in [7, 11) is 2.87. The Morgan fingerprint density at radius 2 is 1.95 bits per heavy atom. The van der Waals surface area contributed by atoms with E-state index in [4.69, 9.17) is 36.6 Å². The fourth-order valence-corrected chi connectivity index (χ4v) is 5.04. The van der Waals surface area contributed by atoms with Gasteiger partial charge in [-0.1, -0.05) is 24.6 Å². The Morgan fingerprint density at radius 1 is 1.25 bits per heavy atom. The topological polar surface area (TPSA) is 142 Å². The van der Waals surface area contributed by atoms with Crippen LogP contribution in [-0.2, 0) is 4.79 Å². The number of benzene rings is 2. The van der Waals surface area contributed by atoms with Gasteiger partial charge in [0.2, 0.25) is 0 Å². The van der Waals surface area contributed by atoms with E-state index in [9.17, 15) is 18.0 Å². The van der Waals surface area contributed by atoms with Gasteiger partial charge in [-0.25, -0.2) is 14.4 Å². The SMILES string of the molecule is C=O.CN.COc1cc(C(=O)NCC(c2cc3c(c(-c4ccc(Cl)c(F)c4)n2)OCC3C)C2CC2)cc(/C=N/C(F)F)c1N. The van der Waals surface area contributed by atoms with Crippen molar-refractivity contribution in [2.45, 2.75) is 38.2 Å². The summed E-state index contributed by atoms with van der Waals surface area (Å²) < 4.78 is 50.8. The van der Waals surface area contributed by atoms with Crippen LogP contribution >= 0.6 is 11.6 Å². The molecule has 0 bridgehead atoms. The lowest BCUT2D eigenvalue weighted by atomic mass is 9.93. The molecule has 0 radical (unpaired) electrons. The molecule has 2 heterocycles. The van der Waals surface area contributed by atoms with E-state index < -0.39 is 18.3 Å². The zero-order valence-corrected chi connectivity index (χ0v) is 25.3. The zero-order valence-electron chi connectivity index (χ0n) is 24.6. The number of hydrogen-bond acceptors (Lipinski definition) is 8. The van der Waals surface area contributed by atoms with Gasteiger partial charge in [-0.15, -0.1) is 0 Å². The fraction of sp³-hybridized carbons (Fsp3) is 0.355. The number of alkyl halides is 2. The summed E-state index contributed by atoms with van der Waals surface area (Å²) >= 11 is 5.91. The Hall–Kier alpha value is -4.16. The molecule has 1 aliphatic heterocycles. The van der Waals surface area contributed by atoms with Gasteiger partial charge in [0.05, 0.1) is 24.4 Å². The first-order chi connectivity index (χ1) is 21.2. The highest BCUT2D eigenvalue weighted by atomic mass is 35.5. The third-order valence-electron chi connectivity index (χ3n) is 7.26. The Bertz CT molecular complexity index is 1500. The molecule has 13 heteroatoms. The average Bonchev–Trinajstić information content (AvgIpc) is 3.81. The number of ether oxygens (including phenoxy) is 2. The number of methoxy groups -OCH3 is 1. The summed E-state index contributed by atoms with van der Waals surface area (Å²) in [4.78, 5) is 29.2. The van der Waals surface area contributed by atoms with Crippen LogP contribution in [0.1, 0.15) is 58.8 Å². The largest absolute Gasteiger partial charge is 0.495 e. The van der Waals surface area contributed by atoms with Crippen LogP contribution in [-0.4, -0.2) is 57.8 Å². The van der Waals surface area contributed by atoms with Gasteiger partial charge in [0.25, 0.3) is 5.91 Å². The number of nitrogens with zero attached hydrogens (tertiary/aromatic N) is 2. The monoisotopic (exact) mass is 633 g/mol. The summed E-state index contributed by atoms with van der Waals surface area (Å²) in [5, 5.41) is 2.98. The van der Waals surface area contributed by atoms with E-state index in [1.165, 1.54) is 38.4 Å². The molecule has 1 fully saturated rings. The van der Waals surface area contributed by atoms with Crippen molar-refractivity contribution in [2.75, 3.05) is 33.0 Å². The van der Waals surface area contributed by atoms with Crippen LogP contribution < -0.4 is 26.3 Å². The quantitative estimate of drug-likeness (QED) is 0.159. The first-order valence-electron chi connectivity index (χ1n) is 13.7. The van der Waals surface area contributed by atoms with Gasteiger partial charge >= 0.3 is 6.55 Å². The molecule has 5 rings (SSSR count). The van der Waals surface area contributed by atoms with Crippen LogP contribution in [0.5, 0.6) is 11.5 Å². The molecule has 2 atom stereocenters. The van der Waals surface area contributed by atoms with Gasteiger partial charge in [-0.05, 0) is 56.1 Å². The molecule has 0 spiro atoms. The van der Waals surface area contributed by atoms with E-state index in [0.29, 0.717) is 29.5 Å². The number of nitrogen functional groups attached to an aromatic ring is 1. The lowest BCUT2D eigenvalue weighted by Crippen LogP contribution is -2.30. The minimum Gasteiger partial charge on any atom is -0.495 e. The molecule has 1 saturated carbocycles. The number of amides is 1. The van der Waals surface area contributed by atoms with Crippen molar-refractivity contribution in [1.82, 2.24) is 10.3 Å². The molecule has 9 nitrogen and oxygen atoms in total. The summed E-state index contributed by atoms with van der Waals surface area (Å²) in [6.07, 6.45) is 2.89. The van der Waals surface area contributed by atoms with E-state index in [1.807, 2.05) is 12.9 Å². The van der Waals surface area contributed by atoms with E-state index >= 15 is 0 Å². The summed E-state index contributed by atoms with van der Waals surface area (Å²) in [6, 6.07) is 9.41. The molecule has 3 aromatic rings. The molecule has 2 aliphatic rings. The van der Waals surface area contributed by atoms with Crippen molar-refractivity contribution in [1.29, 1.82) is 0 Å². The molecule has 2 unspecified atom stereocenters. The van der Waals surface area contributed by atoms with Crippen LogP contribution in [0.4, 0.5) is 18.9 Å². The number of hydrogen-bond donors (Lipinski definition) is 3. The van der Waals surface area contributed by atoms with Crippen molar-refractivity contribution in [3.63, 3.8) is 0 Å². The Morgan fingerprint density at radius 3 is 2.57 bits per heavy atom. The maximum absolute atomic E-state index is 14.3. The van der Waals surface area contributed by atoms with E-state index in [0.717, 1.165) is 30.3 Å². The standard InChI is InChI=1S/C29H28ClF3N4O3.CH5N.CH2O/c1-14-13-40-27-19(14)10-23(37-26(27)16-5-6-21(30)22(31)8-16)20(15-3-4-15)12-35-28(38)17-7-18(11-36-29(32)33)25(34)24(9-17)39-2;2*1-2/h5-11,14-15,20,29H,3-4,12-13,34H2,1-2H3,(H,35,38);2H2,1H3;1H2/b36-11+;;. The second-order valence-corrected chi connectivity index (χ2v) is 10.5. The molecule has 236 valence electrons. The fourth-order valence-electron chi connectivity index (χ4n) is 4.93. The van der Waals surface area contributed by atoms with Gasteiger partial charge in [0.15, 0.2) is 0 Å². The van der Waals surface area contributed by atoms with E-state index in [2.05, 4.69) is 23.0 Å². The second kappa shape index (κ2) is 15.5. The minimum absolute atomic E-state index is 0.0207. The van der Waals surface area contributed by atoms with Crippen molar-refractivity contribution in [3.05, 3.63) is 69.6 Å². The normalized spacial score (nSPS) is 15.8. The number of nitrogens with two attached hydrogens (primary N) is 2. The highest BCUT2D eigenvalue weighted by Gasteiger charge is 2.36. The van der Waals surface area contributed by atoms with Crippen LogP contribution in [0.25, 0.3) is 11.3 Å². The van der Waals surface area contributed by atoms with Gasteiger partial charge in [0.1, 0.15) is 29.8 Å². The molecule has 1 aliphatic carbocycles. The van der Waals surface area contributed by atoms with Gasteiger partial charge in [0, 0.05) is 52.5 Å². The molecule has 2 aromatic carbocycles. The molecular weight excluding hydrogens is 599 g/mol. The first-order valence-corrected chi connectivity index (χ1v) is 14.1.